The van der Waals surface area contributed by atoms with Crippen LogP contribution in [0.15, 0.2) is 29.7 Å². The van der Waals surface area contributed by atoms with Crippen molar-refractivity contribution in [1.29, 1.82) is 0 Å². The molecule has 0 saturated carbocycles. The summed E-state index contributed by atoms with van der Waals surface area (Å²) in [5, 5.41) is 5.33. The van der Waals surface area contributed by atoms with E-state index >= 15 is 0 Å². The van der Waals surface area contributed by atoms with E-state index in [9.17, 15) is 4.79 Å². The molecule has 0 bridgehead atoms. The van der Waals surface area contributed by atoms with Gasteiger partial charge in [-0.25, -0.2) is 0 Å². The number of carbonyl (C=O) groups excluding carboxylic acids is 1. The first-order valence-corrected chi connectivity index (χ1v) is 5.91. The minimum Gasteiger partial charge on any atom is -0.372 e. The molecule has 1 atom stereocenters. The number of nitrogens with one attached hydrogen (secondary N) is 1. The average molecular weight is 240 g/mol. The van der Waals surface area contributed by atoms with Gasteiger partial charge in [-0.2, -0.15) is 0 Å². The van der Waals surface area contributed by atoms with Crippen molar-refractivity contribution >= 4 is 34.3 Å². The van der Waals surface area contributed by atoms with Crippen LogP contribution in [-0.4, -0.2) is 10.6 Å². The summed E-state index contributed by atoms with van der Waals surface area (Å²) in [5.41, 5.74) is 2.58. The molecule has 0 radical (unpaired) electrons. The van der Waals surface area contributed by atoms with Crippen molar-refractivity contribution in [2.45, 2.75) is 12.3 Å². The molecule has 1 heterocycles. The Labute approximate surface area is 97.7 Å². The van der Waals surface area contributed by atoms with Crippen LogP contribution >= 0.6 is 23.4 Å². The van der Waals surface area contributed by atoms with Gasteiger partial charge in [0.1, 0.15) is 0 Å². The first kappa shape index (κ1) is 10.6. The van der Waals surface area contributed by atoms with Crippen LogP contribution in [0.3, 0.4) is 0 Å². The third-order valence-corrected chi connectivity index (χ3v) is 3.27. The molecular weight excluding hydrogens is 230 g/mol. The zero-order valence-electron chi connectivity index (χ0n) is 8.16. The number of halogens is 1. The molecule has 1 aliphatic heterocycles. The predicted molar refractivity (Wildman–Crippen MR) is 64.8 cm³/mol. The Bertz CT molecular complexity index is 430. The van der Waals surface area contributed by atoms with Gasteiger partial charge in [0, 0.05) is 11.3 Å². The maximum Gasteiger partial charge on any atom is 0.252 e. The number of benzene rings is 1. The molecule has 0 fully saturated rings. The number of thioether (sulfide) groups is 1. The molecule has 2 nitrogen and oxygen atoms in total. The van der Waals surface area contributed by atoms with E-state index in [4.69, 9.17) is 11.6 Å². The second-order valence-electron chi connectivity index (χ2n) is 3.31. The van der Waals surface area contributed by atoms with Crippen LogP contribution < -0.4 is 5.32 Å². The van der Waals surface area contributed by atoms with Gasteiger partial charge < -0.3 is 5.32 Å². The molecule has 15 heavy (non-hydrogen) atoms. The molecule has 0 amide bonds. The predicted octanol–water partition coefficient (Wildman–Crippen LogP) is 3.05. The minimum absolute atomic E-state index is 0.385. The Hall–Kier alpha value is -0.930. The molecule has 1 N–H and O–H groups in total. The summed E-state index contributed by atoms with van der Waals surface area (Å²) in [4.78, 5) is 11.0. The van der Waals surface area contributed by atoms with Crippen LogP contribution in [0, 0.1) is 0 Å². The van der Waals surface area contributed by atoms with Crippen molar-refractivity contribution in [3.05, 3.63) is 40.8 Å². The zero-order chi connectivity index (χ0) is 10.8. The molecule has 2 rings (SSSR count). The molecule has 0 aliphatic carbocycles. The molecule has 0 saturated heterocycles. The Morgan fingerprint density at radius 3 is 2.93 bits per heavy atom. The van der Waals surface area contributed by atoms with Crippen LogP contribution in [-0.2, 0) is 0 Å². The van der Waals surface area contributed by atoms with Crippen molar-refractivity contribution < 1.29 is 4.79 Å². The van der Waals surface area contributed by atoms with Crippen LogP contribution in [0.5, 0.6) is 0 Å². The normalized spacial score (nSPS) is 19.6. The van der Waals surface area contributed by atoms with Crippen molar-refractivity contribution in [2.75, 3.05) is 0 Å². The number of rotatable bonds is 2. The lowest BCUT2D eigenvalue weighted by atomic mass is 10.1. The van der Waals surface area contributed by atoms with Gasteiger partial charge in [0.15, 0.2) is 0 Å². The molecule has 1 aliphatic rings. The molecule has 78 valence electrons. The van der Waals surface area contributed by atoms with Gasteiger partial charge in [0.2, 0.25) is 0 Å². The summed E-state index contributed by atoms with van der Waals surface area (Å²) < 4.78 is 0. The highest BCUT2D eigenvalue weighted by atomic mass is 35.5. The molecule has 4 heteroatoms. The lowest BCUT2D eigenvalue weighted by Gasteiger charge is -2.08. The number of hydrogen-bond acceptors (Lipinski definition) is 3. The topological polar surface area (TPSA) is 29.1 Å². The Balaban J connectivity index is 2.29. The standard InChI is InChI=1S/C11H10ClNOS/c1-7-13-10(6-15-7)8-3-2-4-9(5-8)11(12)14/h2-7,13H,1H3. The molecule has 0 aromatic heterocycles. The number of hydrogen-bond donors (Lipinski definition) is 1. The maximum absolute atomic E-state index is 11.0. The van der Waals surface area contributed by atoms with Gasteiger partial charge in [-0.15, -0.1) is 11.8 Å². The van der Waals surface area contributed by atoms with Gasteiger partial charge in [0.25, 0.3) is 5.24 Å². The minimum atomic E-state index is -0.420. The van der Waals surface area contributed by atoms with Crippen molar-refractivity contribution in [3.63, 3.8) is 0 Å². The van der Waals surface area contributed by atoms with E-state index in [2.05, 4.69) is 17.6 Å². The molecule has 1 aromatic carbocycles. The van der Waals surface area contributed by atoms with Crippen molar-refractivity contribution in [3.8, 4) is 0 Å². The van der Waals surface area contributed by atoms with E-state index in [0.717, 1.165) is 11.3 Å². The third kappa shape index (κ3) is 2.36. The van der Waals surface area contributed by atoms with Gasteiger partial charge in [-0.3, -0.25) is 4.79 Å². The first-order chi connectivity index (χ1) is 7.16. The van der Waals surface area contributed by atoms with Crippen molar-refractivity contribution in [1.82, 2.24) is 5.32 Å². The van der Waals surface area contributed by atoms with Gasteiger partial charge in [0.05, 0.1) is 5.37 Å². The first-order valence-electron chi connectivity index (χ1n) is 4.59. The Morgan fingerprint density at radius 2 is 2.33 bits per heavy atom. The monoisotopic (exact) mass is 239 g/mol. The average Bonchev–Trinajstić information content (AvgIpc) is 2.65. The van der Waals surface area contributed by atoms with E-state index in [-0.39, 0.29) is 0 Å². The summed E-state index contributed by atoms with van der Waals surface area (Å²) in [6.07, 6.45) is 0. The van der Waals surface area contributed by atoms with E-state index in [1.165, 1.54) is 0 Å². The molecule has 0 spiro atoms. The fourth-order valence-corrected chi connectivity index (χ4v) is 2.27. The van der Waals surface area contributed by atoms with E-state index in [1.807, 2.05) is 12.1 Å². The van der Waals surface area contributed by atoms with Gasteiger partial charge >= 0.3 is 0 Å². The number of carbonyl (C=O) groups is 1. The van der Waals surface area contributed by atoms with E-state index in [0.29, 0.717) is 10.9 Å². The largest absolute Gasteiger partial charge is 0.372 e. The highest BCUT2D eigenvalue weighted by Gasteiger charge is 2.13. The molecule has 1 unspecified atom stereocenters. The van der Waals surface area contributed by atoms with Crippen molar-refractivity contribution in [2.24, 2.45) is 0 Å². The van der Waals surface area contributed by atoms with Crippen LogP contribution in [0.25, 0.3) is 5.70 Å². The molecular formula is C11H10ClNOS. The Morgan fingerprint density at radius 1 is 1.53 bits per heavy atom. The van der Waals surface area contributed by atoms with Gasteiger partial charge in [-0.05, 0) is 35.6 Å². The summed E-state index contributed by atoms with van der Waals surface area (Å²) in [6.45, 7) is 2.09. The smallest absolute Gasteiger partial charge is 0.252 e. The summed E-state index contributed by atoms with van der Waals surface area (Å²) >= 11 is 7.15. The van der Waals surface area contributed by atoms with Crippen LogP contribution in [0.1, 0.15) is 22.8 Å². The molecule has 1 aromatic rings. The highest BCUT2D eigenvalue weighted by molar-refractivity contribution is 8.03. The highest BCUT2D eigenvalue weighted by Crippen LogP contribution is 2.27. The third-order valence-electron chi connectivity index (χ3n) is 2.15. The SMILES string of the molecule is CC1NC(c2cccc(C(=O)Cl)c2)=CS1. The van der Waals surface area contributed by atoms with Gasteiger partial charge in [-0.1, -0.05) is 18.2 Å². The summed E-state index contributed by atoms with van der Waals surface area (Å²) in [6, 6.07) is 7.31. The fraction of sp³-hybridized carbons (Fsp3) is 0.182. The lowest BCUT2D eigenvalue weighted by molar-refractivity contribution is 0.108. The summed E-state index contributed by atoms with van der Waals surface area (Å²) in [5.74, 6) is 0. The Kier molecular flexibility index (Phi) is 3.03. The summed E-state index contributed by atoms with van der Waals surface area (Å²) in [7, 11) is 0. The second-order valence-corrected chi connectivity index (χ2v) is 4.87. The van der Waals surface area contributed by atoms with E-state index < -0.39 is 5.24 Å². The second kappa shape index (κ2) is 4.29. The zero-order valence-corrected chi connectivity index (χ0v) is 9.73. The fourth-order valence-electron chi connectivity index (χ4n) is 1.42. The van der Waals surface area contributed by atoms with E-state index in [1.54, 1.807) is 23.9 Å². The lowest BCUT2D eigenvalue weighted by Crippen LogP contribution is -2.15. The maximum atomic E-state index is 11.0. The van der Waals surface area contributed by atoms with Crippen LogP contribution in [0.4, 0.5) is 0 Å². The van der Waals surface area contributed by atoms with Crippen LogP contribution in [0.2, 0.25) is 0 Å². The quantitative estimate of drug-likeness (QED) is 0.805.